The number of nitrogens with one attached hydrogen (secondary N) is 1. The lowest BCUT2D eigenvalue weighted by molar-refractivity contribution is -0.116. The summed E-state index contributed by atoms with van der Waals surface area (Å²) in [4.78, 5) is 26.6. The fourth-order valence-corrected chi connectivity index (χ4v) is 3.47. The van der Waals surface area contributed by atoms with Crippen molar-refractivity contribution in [1.29, 1.82) is 0 Å². The van der Waals surface area contributed by atoms with Gasteiger partial charge in [-0.1, -0.05) is 18.2 Å². The predicted molar refractivity (Wildman–Crippen MR) is 118 cm³/mol. The standard InChI is InChI=1S/C23H32N4O4/c1-16-9-6-7-10-19(16)30-14-8-11-20(28)24-21-17-15-27(22(29)31-23(2,3)4)13-12-18(17)25-26(21)5/h6-7,9-10H,8,11-15H2,1-5H3,(H,24,28). The minimum atomic E-state index is -0.552. The third kappa shape index (κ3) is 5.99. The van der Waals surface area contributed by atoms with Gasteiger partial charge in [0.2, 0.25) is 5.91 Å². The molecule has 1 aliphatic rings. The number of hydrogen-bond acceptors (Lipinski definition) is 5. The SMILES string of the molecule is Cc1ccccc1OCCCC(=O)Nc1c2c(nn1C)CCN(C(=O)OC(C)(C)C)C2. The zero-order valence-electron chi connectivity index (χ0n) is 19.0. The van der Waals surface area contributed by atoms with Crippen molar-refractivity contribution in [2.24, 2.45) is 7.05 Å². The normalized spacial score (nSPS) is 13.5. The van der Waals surface area contributed by atoms with Gasteiger partial charge in [0, 0.05) is 32.0 Å². The maximum atomic E-state index is 12.5. The summed E-state index contributed by atoms with van der Waals surface area (Å²) in [6, 6.07) is 7.82. The number of aryl methyl sites for hydroxylation is 2. The highest BCUT2D eigenvalue weighted by Crippen LogP contribution is 2.27. The first kappa shape index (κ1) is 22.7. The van der Waals surface area contributed by atoms with Crippen LogP contribution in [0.3, 0.4) is 0 Å². The molecule has 0 saturated heterocycles. The smallest absolute Gasteiger partial charge is 0.410 e. The highest BCUT2D eigenvalue weighted by molar-refractivity contribution is 5.90. The number of anilines is 1. The van der Waals surface area contributed by atoms with Gasteiger partial charge in [0.1, 0.15) is 17.2 Å². The summed E-state index contributed by atoms with van der Waals surface area (Å²) in [5.41, 5.74) is 2.29. The molecule has 2 heterocycles. The van der Waals surface area contributed by atoms with Crippen LogP contribution in [0.4, 0.5) is 10.6 Å². The molecule has 0 radical (unpaired) electrons. The topological polar surface area (TPSA) is 85.7 Å². The van der Waals surface area contributed by atoms with E-state index in [4.69, 9.17) is 9.47 Å². The van der Waals surface area contributed by atoms with Crippen molar-refractivity contribution in [2.75, 3.05) is 18.5 Å². The van der Waals surface area contributed by atoms with Gasteiger partial charge in [0.05, 0.1) is 18.8 Å². The van der Waals surface area contributed by atoms with Crippen molar-refractivity contribution in [1.82, 2.24) is 14.7 Å². The van der Waals surface area contributed by atoms with Crippen molar-refractivity contribution >= 4 is 17.8 Å². The molecule has 168 valence electrons. The second kappa shape index (κ2) is 9.41. The summed E-state index contributed by atoms with van der Waals surface area (Å²) in [6.07, 6.45) is 1.21. The van der Waals surface area contributed by atoms with Gasteiger partial charge in [0.15, 0.2) is 0 Å². The van der Waals surface area contributed by atoms with Crippen molar-refractivity contribution in [2.45, 2.75) is 59.1 Å². The summed E-state index contributed by atoms with van der Waals surface area (Å²) in [5.74, 6) is 1.37. The van der Waals surface area contributed by atoms with Crippen LogP contribution in [0, 0.1) is 6.92 Å². The lowest BCUT2D eigenvalue weighted by atomic mass is 10.1. The summed E-state index contributed by atoms with van der Waals surface area (Å²) in [6.45, 7) is 8.91. The molecule has 0 aliphatic carbocycles. The van der Waals surface area contributed by atoms with E-state index in [9.17, 15) is 9.59 Å². The lowest BCUT2D eigenvalue weighted by Gasteiger charge is -2.29. The summed E-state index contributed by atoms with van der Waals surface area (Å²) in [5, 5.41) is 7.48. The fraction of sp³-hybridized carbons (Fsp3) is 0.522. The van der Waals surface area contributed by atoms with E-state index in [1.54, 1.807) is 16.6 Å². The molecular formula is C23H32N4O4. The van der Waals surface area contributed by atoms with Crippen molar-refractivity contribution in [3.05, 3.63) is 41.1 Å². The Morgan fingerprint density at radius 3 is 2.68 bits per heavy atom. The Labute approximate surface area is 183 Å². The molecule has 2 amide bonds. The zero-order chi connectivity index (χ0) is 22.6. The Morgan fingerprint density at radius 1 is 1.23 bits per heavy atom. The lowest BCUT2D eigenvalue weighted by Crippen LogP contribution is -2.40. The van der Waals surface area contributed by atoms with E-state index in [2.05, 4.69) is 10.4 Å². The highest BCUT2D eigenvalue weighted by Gasteiger charge is 2.30. The van der Waals surface area contributed by atoms with Crippen LogP contribution >= 0.6 is 0 Å². The summed E-state index contributed by atoms with van der Waals surface area (Å²) < 4.78 is 12.9. The number of carbonyl (C=O) groups is 2. The number of fused-ring (bicyclic) bond motifs is 1. The van der Waals surface area contributed by atoms with E-state index in [0.29, 0.717) is 44.8 Å². The molecule has 3 rings (SSSR count). The molecule has 8 heteroatoms. The molecule has 0 spiro atoms. The molecule has 0 bridgehead atoms. The van der Waals surface area contributed by atoms with E-state index in [-0.39, 0.29) is 12.0 Å². The molecule has 0 fully saturated rings. The predicted octanol–water partition coefficient (Wildman–Crippen LogP) is 3.82. The van der Waals surface area contributed by atoms with Gasteiger partial charge in [-0.15, -0.1) is 0 Å². The van der Waals surface area contributed by atoms with Crippen LogP contribution in [0.2, 0.25) is 0 Å². The second-order valence-corrected chi connectivity index (χ2v) is 8.82. The molecular weight excluding hydrogens is 396 g/mol. The van der Waals surface area contributed by atoms with Crippen molar-refractivity contribution in [3.63, 3.8) is 0 Å². The van der Waals surface area contributed by atoms with Crippen molar-refractivity contribution < 1.29 is 19.1 Å². The number of rotatable bonds is 6. The molecule has 1 aliphatic heterocycles. The number of carbonyl (C=O) groups excluding carboxylic acids is 2. The maximum absolute atomic E-state index is 12.5. The number of para-hydroxylation sites is 1. The van der Waals surface area contributed by atoms with Crippen LogP contribution in [0.1, 0.15) is 50.4 Å². The third-order valence-corrected chi connectivity index (χ3v) is 5.00. The van der Waals surface area contributed by atoms with E-state index in [1.807, 2.05) is 52.0 Å². The van der Waals surface area contributed by atoms with Crippen LogP contribution < -0.4 is 10.1 Å². The number of aromatic nitrogens is 2. The maximum Gasteiger partial charge on any atom is 0.410 e. The first-order valence-corrected chi connectivity index (χ1v) is 10.6. The second-order valence-electron chi connectivity index (χ2n) is 8.82. The fourth-order valence-electron chi connectivity index (χ4n) is 3.47. The number of amides is 2. The Morgan fingerprint density at radius 2 is 1.97 bits per heavy atom. The van der Waals surface area contributed by atoms with Crippen LogP contribution in [-0.4, -0.2) is 45.4 Å². The van der Waals surface area contributed by atoms with Crippen molar-refractivity contribution in [3.8, 4) is 5.75 Å². The first-order valence-electron chi connectivity index (χ1n) is 10.6. The summed E-state index contributed by atoms with van der Waals surface area (Å²) >= 11 is 0. The van der Waals surface area contributed by atoms with Gasteiger partial charge in [-0.2, -0.15) is 5.10 Å². The molecule has 2 aromatic rings. The van der Waals surface area contributed by atoms with Gasteiger partial charge in [-0.25, -0.2) is 4.79 Å². The van der Waals surface area contributed by atoms with Gasteiger partial charge >= 0.3 is 6.09 Å². The van der Waals surface area contributed by atoms with Gasteiger partial charge in [-0.3, -0.25) is 9.48 Å². The van der Waals surface area contributed by atoms with Crippen LogP contribution in [-0.2, 0) is 29.5 Å². The molecule has 0 atom stereocenters. The molecule has 0 unspecified atom stereocenters. The van der Waals surface area contributed by atoms with E-state index in [1.165, 1.54) is 0 Å². The average molecular weight is 429 g/mol. The Balaban J connectivity index is 1.55. The average Bonchev–Trinajstić information content (AvgIpc) is 2.99. The largest absolute Gasteiger partial charge is 0.493 e. The quantitative estimate of drug-likeness (QED) is 0.707. The van der Waals surface area contributed by atoms with Crippen LogP contribution in [0.15, 0.2) is 24.3 Å². The summed E-state index contributed by atoms with van der Waals surface area (Å²) in [7, 11) is 1.80. The van der Waals surface area contributed by atoms with E-state index < -0.39 is 5.60 Å². The van der Waals surface area contributed by atoms with E-state index >= 15 is 0 Å². The number of ether oxygens (including phenoxy) is 2. The van der Waals surface area contributed by atoms with Gasteiger partial charge in [-0.05, 0) is 45.7 Å². The molecule has 31 heavy (non-hydrogen) atoms. The zero-order valence-corrected chi connectivity index (χ0v) is 19.0. The highest BCUT2D eigenvalue weighted by atomic mass is 16.6. The van der Waals surface area contributed by atoms with Gasteiger partial charge in [0.25, 0.3) is 0 Å². The number of hydrogen-bond donors (Lipinski definition) is 1. The molecule has 8 nitrogen and oxygen atoms in total. The minimum Gasteiger partial charge on any atom is -0.493 e. The molecule has 1 aromatic heterocycles. The first-order chi connectivity index (χ1) is 14.6. The van der Waals surface area contributed by atoms with Gasteiger partial charge < -0.3 is 19.7 Å². The Hall–Kier alpha value is -3.03. The molecule has 1 N–H and O–H groups in total. The monoisotopic (exact) mass is 428 g/mol. The Kier molecular flexibility index (Phi) is 6.87. The minimum absolute atomic E-state index is 0.103. The van der Waals surface area contributed by atoms with Crippen LogP contribution in [0.25, 0.3) is 0 Å². The van der Waals surface area contributed by atoms with E-state index in [0.717, 1.165) is 22.6 Å². The third-order valence-electron chi connectivity index (χ3n) is 5.00. The van der Waals surface area contributed by atoms with Crippen LogP contribution in [0.5, 0.6) is 5.75 Å². The number of benzene rings is 1. The number of nitrogens with zero attached hydrogens (tertiary/aromatic N) is 3. The Bertz CT molecular complexity index is 946. The molecule has 0 saturated carbocycles. The molecule has 1 aromatic carbocycles.